The zero-order valence-corrected chi connectivity index (χ0v) is 10.4. The molecule has 1 aromatic heterocycles. The summed E-state index contributed by atoms with van der Waals surface area (Å²) in [6.07, 6.45) is 1.70. The molecule has 2 unspecified atom stereocenters. The Labute approximate surface area is 105 Å². The molecule has 0 aliphatic carbocycles. The Morgan fingerprint density at radius 2 is 2.44 bits per heavy atom. The molecule has 7 heteroatoms. The van der Waals surface area contributed by atoms with Crippen molar-refractivity contribution in [2.45, 2.75) is 26.1 Å². The Kier molecular flexibility index (Phi) is 2.60. The molecule has 0 spiro atoms. The fraction of sp³-hybridized carbons (Fsp3) is 0.727. The summed E-state index contributed by atoms with van der Waals surface area (Å²) >= 11 is 0. The van der Waals surface area contributed by atoms with E-state index >= 15 is 0 Å². The highest BCUT2D eigenvalue weighted by molar-refractivity contribution is 5.83. The zero-order chi connectivity index (χ0) is 12.8. The minimum atomic E-state index is -0.609. The zero-order valence-electron chi connectivity index (χ0n) is 10.4. The number of amides is 1. The lowest BCUT2D eigenvalue weighted by molar-refractivity contribution is -0.143. The first-order chi connectivity index (χ1) is 8.61. The van der Waals surface area contributed by atoms with E-state index in [4.69, 9.17) is 10.5 Å². The summed E-state index contributed by atoms with van der Waals surface area (Å²) in [5.41, 5.74) is 5.38. The second-order valence-electron chi connectivity index (χ2n) is 5.21. The number of carbonyl (C=O) groups excluding carboxylic acids is 1. The van der Waals surface area contributed by atoms with Crippen molar-refractivity contribution >= 4 is 5.91 Å². The van der Waals surface area contributed by atoms with Crippen LogP contribution in [0.2, 0.25) is 0 Å². The number of nitrogens with zero attached hydrogens (tertiary/aromatic N) is 4. The summed E-state index contributed by atoms with van der Waals surface area (Å²) in [5, 5.41) is 7.87. The van der Waals surface area contributed by atoms with Crippen LogP contribution in [-0.4, -0.2) is 51.4 Å². The van der Waals surface area contributed by atoms with E-state index in [0.717, 1.165) is 12.4 Å². The van der Waals surface area contributed by atoms with E-state index in [9.17, 15) is 4.79 Å². The van der Waals surface area contributed by atoms with E-state index in [2.05, 4.69) is 10.2 Å². The number of nitrogens with two attached hydrogens (primary N) is 1. The molecule has 0 aromatic carbocycles. The van der Waals surface area contributed by atoms with Crippen LogP contribution in [0.4, 0.5) is 0 Å². The van der Waals surface area contributed by atoms with Crippen LogP contribution in [0.1, 0.15) is 12.7 Å². The number of hydrogen-bond donors (Lipinski definition) is 1. The van der Waals surface area contributed by atoms with Gasteiger partial charge in [-0.15, -0.1) is 10.2 Å². The Balaban J connectivity index is 1.79. The van der Waals surface area contributed by atoms with E-state index in [1.807, 2.05) is 11.5 Å². The molecule has 2 N–H and O–H groups in total. The first-order valence-corrected chi connectivity index (χ1v) is 6.10. The topological polar surface area (TPSA) is 86.3 Å². The quantitative estimate of drug-likeness (QED) is 0.690. The maximum Gasteiger partial charge on any atom is 0.232 e. The van der Waals surface area contributed by atoms with Gasteiger partial charge in [0.25, 0.3) is 0 Å². The number of rotatable bonds is 1. The maximum atomic E-state index is 12.6. The van der Waals surface area contributed by atoms with Crippen LogP contribution in [0.3, 0.4) is 0 Å². The highest BCUT2D eigenvalue weighted by Crippen LogP contribution is 2.30. The highest BCUT2D eigenvalue weighted by Gasteiger charge is 2.46. The Morgan fingerprint density at radius 1 is 1.61 bits per heavy atom. The highest BCUT2D eigenvalue weighted by atomic mass is 16.5. The van der Waals surface area contributed by atoms with Gasteiger partial charge in [0, 0.05) is 19.1 Å². The normalized spacial score (nSPS) is 31.4. The monoisotopic (exact) mass is 251 g/mol. The molecule has 1 amide bonds. The van der Waals surface area contributed by atoms with Gasteiger partial charge in [-0.25, -0.2) is 0 Å². The van der Waals surface area contributed by atoms with Gasteiger partial charge in [0.1, 0.15) is 6.33 Å². The second kappa shape index (κ2) is 4.03. The Bertz CT molecular complexity index is 474. The van der Waals surface area contributed by atoms with Crippen LogP contribution in [0.25, 0.3) is 0 Å². The van der Waals surface area contributed by atoms with Crippen LogP contribution in [0.15, 0.2) is 6.33 Å². The van der Waals surface area contributed by atoms with E-state index in [-0.39, 0.29) is 11.9 Å². The Morgan fingerprint density at radius 3 is 3.17 bits per heavy atom. The lowest BCUT2D eigenvalue weighted by Crippen LogP contribution is -2.53. The van der Waals surface area contributed by atoms with Crippen LogP contribution < -0.4 is 5.73 Å². The molecule has 98 valence electrons. The van der Waals surface area contributed by atoms with Crippen molar-refractivity contribution in [3.63, 3.8) is 0 Å². The van der Waals surface area contributed by atoms with Gasteiger partial charge in [-0.2, -0.15) is 0 Å². The molecule has 3 heterocycles. The Hall–Kier alpha value is -1.47. The van der Waals surface area contributed by atoms with Crippen molar-refractivity contribution in [3.8, 4) is 0 Å². The van der Waals surface area contributed by atoms with E-state index in [1.54, 1.807) is 11.2 Å². The summed E-state index contributed by atoms with van der Waals surface area (Å²) in [6.45, 7) is 4.64. The van der Waals surface area contributed by atoms with Crippen LogP contribution >= 0.6 is 0 Å². The molecule has 1 aromatic rings. The summed E-state index contributed by atoms with van der Waals surface area (Å²) in [6, 6.07) is -0.232. The fourth-order valence-corrected chi connectivity index (χ4v) is 2.51. The van der Waals surface area contributed by atoms with Crippen molar-refractivity contribution in [1.29, 1.82) is 0 Å². The average Bonchev–Trinajstić information content (AvgIpc) is 2.96. The van der Waals surface area contributed by atoms with Gasteiger partial charge in [0.15, 0.2) is 5.82 Å². The lowest BCUT2D eigenvalue weighted by Gasteiger charge is -2.35. The van der Waals surface area contributed by atoms with Crippen LogP contribution in [0, 0.1) is 5.41 Å². The molecule has 0 bridgehead atoms. The SMILES string of the molecule is CC1(C(=O)N2CCn3cnnc3C2)COCC1N. The van der Waals surface area contributed by atoms with Gasteiger partial charge in [0.05, 0.1) is 25.2 Å². The number of fused-ring (bicyclic) bond motifs is 1. The molecule has 0 radical (unpaired) electrons. The fourth-order valence-electron chi connectivity index (χ4n) is 2.51. The minimum Gasteiger partial charge on any atom is -0.379 e. The summed E-state index contributed by atoms with van der Waals surface area (Å²) in [4.78, 5) is 14.4. The minimum absolute atomic E-state index is 0.0572. The molecule has 2 aliphatic heterocycles. The molecular formula is C11H17N5O2. The van der Waals surface area contributed by atoms with E-state index in [0.29, 0.717) is 26.3 Å². The molecule has 18 heavy (non-hydrogen) atoms. The van der Waals surface area contributed by atoms with Crippen molar-refractivity contribution in [2.75, 3.05) is 19.8 Å². The van der Waals surface area contributed by atoms with E-state index < -0.39 is 5.41 Å². The molecule has 7 nitrogen and oxygen atoms in total. The maximum absolute atomic E-state index is 12.6. The van der Waals surface area contributed by atoms with Crippen LogP contribution in [0.5, 0.6) is 0 Å². The van der Waals surface area contributed by atoms with Crippen molar-refractivity contribution in [1.82, 2.24) is 19.7 Å². The van der Waals surface area contributed by atoms with Gasteiger partial charge in [-0.1, -0.05) is 0 Å². The third-order valence-electron chi connectivity index (χ3n) is 3.93. The standard InChI is InChI=1S/C11H17N5O2/c1-11(6-18-5-8(11)12)10(17)15-2-3-16-7-13-14-9(16)4-15/h7-8H,2-6,12H2,1H3. The number of ether oxygens (including phenoxy) is 1. The molecule has 2 aliphatic rings. The summed E-state index contributed by atoms with van der Waals surface area (Å²) < 4.78 is 7.30. The van der Waals surface area contributed by atoms with Gasteiger partial charge < -0.3 is 19.9 Å². The lowest BCUT2D eigenvalue weighted by atomic mass is 9.84. The largest absolute Gasteiger partial charge is 0.379 e. The first-order valence-electron chi connectivity index (χ1n) is 6.10. The third kappa shape index (κ3) is 1.62. The smallest absolute Gasteiger partial charge is 0.232 e. The molecule has 2 atom stereocenters. The molecular weight excluding hydrogens is 234 g/mol. The number of hydrogen-bond acceptors (Lipinski definition) is 5. The third-order valence-corrected chi connectivity index (χ3v) is 3.93. The number of carbonyl (C=O) groups is 1. The predicted octanol–water partition coefficient (Wildman–Crippen LogP) is -1.02. The first kappa shape index (κ1) is 11.6. The molecule has 1 fully saturated rings. The van der Waals surface area contributed by atoms with E-state index in [1.165, 1.54) is 0 Å². The summed E-state index contributed by atoms with van der Waals surface area (Å²) in [5.74, 6) is 0.882. The van der Waals surface area contributed by atoms with Crippen LogP contribution in [-0.2, 0) is 22.6 Å². The van der Waals surface area contributed by atoms with Crippen molar-refractivity contribution in [2.24, 2.45) is 11.1 Å². The van der Waals surface area contributed by atoms with Crippen molar-refractivity contribution in [3.05, 3.63) is 12.2 Å². The molecule has 3 rings (SSSR count). The molecule has 0 saturated carbocycles. The number of aromatic nitrogens is 3. The van der Waals surface area contributed by atoms with Crippen molar-refractivity contribution < 1.29 is 9.53 Å². The van der Waals surface area contributed by atoms with Gasteiger partial charge in [-0.3, -0.25) is 4.79 Å². The summed E-state index contributed by atoms with van der Waals surface area (Å²) in [7, 11) is 0. The predicted molar refractivity (Wildman–Crippen MR) is 62.3 cm³/mol. The van der Waals surface area contributed by atoms with Gasteiger partial charge in [-0.05, 0) is 6.92 Å². The molecule has 1 saturated heterocycles. The average molecular weight is 251 g/mol. The second-order valence-corrected chi connectivity index (χ2v) is 5.21. The van der Waals surface area contributed by atoms with Gasteiger partial charge in [0.2, 0.25) is 5.91 Å². The van der Waals surface area contributed by atoms with Gasteiger partial charge >= 0.3 is 0 Å².